The molecule has 4 nitrogen and oxygen atoms in total. The van der Waals surface area contributed by atoms with Crippen molar-refractivity contribution in [1.82, 2.24) is 10.2 Å². The first-order chi connectivity index (χ1) is 11.6. The molecule has 0 aliphatic rings. The highest BCUT2D eigenvalue weighted by Gasteiger charge is 2.12. The summed E-state index contributed by atoms with van der Waals surface area (Å²) < 4.78 is 13.9. The van der Waals surface area contributed by atoms with E-state index >= 15 is 0 Å². The van der Waals surface area contributed by atoms with E-state index in [4.69, 9.17) is 0 Å². The van der Waals surface area contributed by atoms with E-state index in [-0.39, 0.29) is 5.82 Å². The van der Waals surface area contributed by atoms with E-state index in [2.05, 4.69) is 15.5 Å². The molecule has 1 atom stereocenters. The first-order valence-electron chi connectivity index (χ1n) is 7.34. The van der Waals surface area contributed by atoms with Gasteiger partial charge >= 0.3 is 0 Å². The van der Waals surface area contributed by atoms with Gasteiger partial charge in [0.2, 0.25) is 5.13 Å². The number of halogens is 1. The van der Waals surface area contributed by atoms with Crippen LogP contribution >= 0.6 is 23.1 Å². The number of aromatic nitrogens is 2. The summed E-state index contributed by atoms with van der Waals surface area (Å²) >= 11 is 2.81. The van der Waals surface area contributed by atoms with Gasteiger partial charge in [0.25, 0.3) is 0 Å². The molecule has 124 valence electrons. The van der Waals surface area contributed by atoms with Crippen molar-refractivity contribution in [2.75, 3.05) is 11.1 Å². The molecule has 1 aromatic heterocycles. The van der Waals surface area contributed by atoms with Gasteiger partial charge in [-0.05, 0) is 42.3 Å². The second-order valence-corrected chi connectivity index (χ2v) is 7.49. The fourth-order valence-corrected chi connectivity index (χ4v) is 3.89. The zero-order chi connectivity index (χ0) is 16.9. The van der Waals surface area contributed by atoms with Crippen LogP contribution in [-0.2, 0) is 0 Å². The van der Waals surface area contributed by atoms with Crippen LogP contribution in [0.15, 0.2) is 52.9 Å². The molecule has 2 N–H and O–H groups in total. The predicted molar refractivity (Wildman–Crippen MR) is 96.5 cm³/mol. The molecule has 0 saturated carbocycles. The zero-order valence-corrected chi connectivity index (χ0v) is 14.6. The van der Waals surface area contributed by atoms with Crippen LogP contribution in [0.2, 0.25) is 0 Å². The topological polar surface area (TPSA) is 58.0 Å². The number of hydrogen-bond acceptors (Lipinski definition) is 6. The van der Waals surface area contributed by atoms with Crippen LogP contribution in [0.25, 0.3) is 0 Å². The van der Waals surface area contributed by atoms with E-state index in [1.165, 1.54) is 35.2 Å². The fourth-order valence-electron chi connectivity index (χ4n) is 2.13. The Labute approximate surface area is 147 Å². The van der Waals surface area contributed by atoms with E-state index in [0.717, 1.165) is 15.6 Å². The molecule has 0 bridgehead atoms. The molecule has 0 aliphatic carbocycles. The van der Waals surface area contributed by atoms with Crippen molar-refractivity contribution in [1.29, 1.82) is 0 Å². The maximum Gasteiger partial charge on any atom is 0.210 e. The van der Waals surface area contributed by atoms with Gasteiger partial charge in [-0.3, -0.25) is 0 Å². The number of aliphatic hydroxyl groups excluding tert-OH is 1. The lowest BCUT2D eigenvalue weighted by Crippen LogP contribution is -2.00. The standard InChI is InChI=1S/C17H16FN3OS2/c1-11-4-2-7-14(8-11)19-16-20-21-17(24-16)23-10-15(22)12-5-3-6-13(18)9-12/h2-9,15,22H,10H2,1H3,(H,19,20). The van der Waals surface area contributed by atoms with Crippen molar-refractivity contribution < 1.29 is 9.50 Å². The summed E-state index contributed by atoms with van der Waals surface area (Å²) in [4.78, 5) is 0. The molecule has 0 spiro atoms. The van der Waals surface area contributed by atoms with E-state index in [9.17, 15) is 9.50 Å². The third-order valence-electron chi connectivity index (χ3n) is 3.27. The normalized spacial score (nSPS) is 12.1. The minimum Gasteiger partial charge on any atom is -0.388 e. The minimum absolute atomic E-state index is 0.350. The number of thioether (sulfide) groups is 1. The maximum atomic E-state index is 13.2. The molecule has 2 aromatic carbocycles. The number of benzene rings is 2. The molecule has 1 heterocycles. The second kappa shape index (κ2) is 7.74. The van der Waals surface area contributed by atoms with Crippen LogP contribution < -0.4 is 5.32 Å². The largest absolute Gasteiger partial charge is 0.388 e. The van der Waals surface area contributed by atoms with E-state index < -0.39 is 6.10 Å². The molecular weight excluding hydrogens is 345 g/mol. The van der Waals surface area contributed by atoms with Crippen LogP contribution in [0.1, 0.15) is 17.2 Å². The lowest BCUT2D eigenvalue weighted by Gasteiger charge is -2.09. The first kappa shape index (κ1) is 16.9. The number of anilines is 2. The summed E-state index contributed by atoms with van der Waals surface area (Å²) in [7, 11) is 0. The third-order valence-corrected chi connectivity index (χ3v) is 5.32. The number of nitrogens with one attached hydrogen (secondary N) is 1. The van der Waals surface area contributed by atoms with Crippen LogP contribution in [-0.4, -0.2) is 21.1 Å². The van der Waals surface area contributed by atoms with E-state index in [0.29, 0.717) is 16.4 Å². The summed E-state index contributed by atoms with van der Waals surface area (Å²) in [5.74, 6) is 0.0415. The fraction of sp³-hybridized carbons (Fsp3) is 0.176. The van der Waals surface area contributed by atoms with Crippen molar-refractivity contribution >= 4 is 33.9 Å². The molecule has 0 amide bonds. The van der Waals surface area contributed by atoms with Gasteiger partial charge in [0.05, 0.1) is 6.10 Å². The molecule has 0 saturated heterocycles. The van der Waals surface area contributed by atoms with Crippen molar-refractivity contribution in [2.45, 2.75) is 17.4 Å². The first-order valence-corrected chi connectivity index (χ1v) is 9.14. The average Bonchev–Trinajstić information content (AvgIpc) is 3.00. The Kier molecular flexibility index (Phi) is 5.44. The average molecular weight is 361 g/mol. The minimum atomic E-state index is -0.747. The lowest BCUT2D eigenvalue weighted by molar-refractivity contribution is 0.203. The second-order valence-electron chi connectivity index (χ2n) is 5.25. The van der Waals surface area contributed by atoms with Crippen LogP contribution in [0.4, 0.5) is 15.2 Å². The van der Waals surface area contributed by atoms with Gasteiger partial charge < -0.3 is 10.4 Å². The molecule has 1 unspecified atom stereocenters. The number of aryl methyl sites for hydroxylation is 1. The Morgan fingerprint density at radius 1 is 1.21 bits per heavy atom. The van der Waals surface area contributed by atoms with Crippen LogP contribution in [0.3, 0.4) is 0 Å². The zero-order valence-electron chi connectivity index (χ0n) is 12.9. The Balaban J connectivity index is 1.58. The van der Waals surface area contributed by atoms with Crippen LogP contribution in [0.5, 0.6) is 0 Å². The Hall–Kier alpha value is -1.96. The number of hydrogen-bond donors (Lipinski definition) is 2. The van der Waals surface area contributed by atoms with Gasteiger partial charge in [-0.1, -0.05) is 47.4 Å². The van der Waals surface area contributed by atoms with Gasteiger partial charge in [0, 0.05) is 11.4 Å². The number of aliphatic hydroxyl groups is 1. The Morgan fingerprint density at radius 2 is 2.04 bits per heavy atom. The van der Waals surface area contributed by atoms with Gasteiger partial charge in [-0.25, -0.2) is 4.39 Å². The third kappa shape index (κ3) is 4.53. The molecule has 3 rings (SSSR count). The van der Waals surface area contributed by atoms with Gasteiger partial charge in [0.15, 0.2) is 4.34 Å². The summed E-state index contributed by atoms with van der Waals surface area (Å²) in [5, 5.41) is 22.2. The van der Waals surface area contributed by atoms with Crippen molar-refractivity contribution in [3.8, 4) is 0 Å². The monoisotopic (exact) mass is 361 g/mol. The van der Waals surface area contributed by atoms with Gasteiger partial charge in [-0.15, -0.1) is 10.2 Å². The highest BCUT2D eigenvalue weighted by Crippen LogP contribution is 2.30. The molecule has 3 aromatic rings. The summed E-state index contributed by atoms with van der Waals surface area (Å²) in [6.07, 6.45) is -0.747. The molecule has 7 heteroatoms. The number of nitrogens with zero attached hydrogens (tertiary/aromatic N) is 2. The Morgan fingerprint density at radius 3 is 2.83 bits per heavy atom. The van der Waals surface area contributed by atoms with E-state index in [1.54, 1.807) is 12.1 Å². The van der Waals surface area contributed by atoms with Crippen molar-refractivity contribution in [3.63, 3.8) is 0 Å². The van der Waals surface area contributed by atoms with Crippen LogP contribution in [0, 0.1) is 12.7 Å². The highest BCUT2D eigenvalue weighted by atomic mass is 32.2. The Bertz CT molecular complexity index is 825. The van der Waals surface area contributed by atoms with E-state index in [1.807, 2.05) is 31.2 Å². The smallest absolute Gasteiger partial charge is 0.210 e. The van der Waals surface area contributed by atoms with Gasteiger partial charge in [0.1, 0.15) is 5.82 Å². The highest BCUT2D eigenvalue weighted by molar-refractivity contribution is 8.01. The maximum absolute atomic E-state index is 13.2. The lowest BCUT2D eigenvalue weighted by atomic mass is 10.1. The SMILES string of the molecule is Cc1cccc(Nc2nnc(SCC(O)c3cccc(F)c3)s2)c1. The molecular formula is C17H16FN3OS2. The summed E-state index contributed by atoms with van der Waals surface area (Å²) in [6, 6.07) is 14.0. The van der Waals surface area contributed by atoms with Crippen molar-refractivity contribution in [2.24, 2.45) is 0 Å². The summed E-state index contributed by atoms with van der Waals surface area (Å²) in [6.45, 7) is 2.03. The number of rotatable bonds is 6. The quantitative estimate of drug-likeness (QED) is 0.631. The molecule has 0 radical (unpaired) electrons. The van der Waals surface area contributed by atoms with Crippen molar-refractivity contribution in [3.05, 3.63) is 65.5 Å². The van der Waals surface area contributed by atoms with Gasteiger partial charge in [-0.2, -0.15) is 0 Å². The molecule has 0 aliphatic heterocycles. The molecule has 24 heavy (non-hydrogen) atoms. The molecule has 0 fully saturated rings. The summed E-state index contributed by atoms with van der Waals surface area (Å²) in [5.41, 5.74) is 2.69. The predicted octanol–water partition coefficient (Wildman–Crippen LogP) is 4.55.